The number of amides is 2. The van der Waals surface area contributed by atoms with E-state index in [0.29, 0.717) is 37.2 Å². The Morgan fingerprint density at radius 3 is 2.20 bits per heavy atom. The number of anilines is 1. The van der Waals surface area contributed by atoms with Gasteiger partial charge in [-0.15, -0.1) is 24.8 Å². The van der Waals surface area contributed by atoms with Gasteiger partial charge in [-0.3, -0.25) is 19.9 Å². The van der Waals surface area contributed by atoms with Gasteiger partial charge in [0.05, 0.1) is 13.1 Å². The second-order valence-corrected chi connectivity index (χ2v) is 9.13. The summed E-state index contributed by atoms with van der Waals surface area (Å²) in [6.45, 7) is 8.87. The fourth-order valence-corrected chi connectivity index (χ4v) is 4.16. The van der Waals surface area contributed by atoms with E-state index >= 15 is 0 Å². The summed E-state index contributed by atoms with van der Waals surface area (Å²) in [5.74, 6) is -0.165. The molecule has 2 aromatic carbocycles. The zero-order valence-electron chi connectivity index (χ0n) is 20.7. The lowest BCUT2D eigenvalue weighted by Crippen LogP contribution is -2.47. The number of nitrogens with zero attached hydrogens (tertiary/aromatic N) is 3. The summed E-state index contributed by atoms with van der Waals surface area (Å²) in [6, 6.07) is 14.1. The van der Waals surface area contributed by atoms with Gasteiger partial charge in [0.1, 0.15) is 0 Å². The molecule has 0 saturated heterocycles. The third-order valence-corrected chi connectivity index (χ3v) is 6.04. The van der Waals surface area contributed by atoms with Crippen molar-refractivity contribution in [3.05, 3.63) is 64.2 Å². The van der Waals surface area contributed by atoms with E-state index < -0.39 is 0 Å². The zero-order chi connectivity index (χ0) is 24.0. The van der Waals surface area contributed by atoms with Gasteiger partial charge in [0, 0.05) is 50.0 Å². The molecule has 35 heavy (non-hydrogen) atoms. The van der Waals surface area contributed by atoms with Crippen molar-refractivity contribution in [2.45, 2.75) is 39.9 Å². The number of aryl methyl sites for hydroxylation is 1. The van der Waals surface area contributed by atoms with Crippen molar-refractivity contribution in [2.24, 2.45) is 0 Å². The lowest BCUT2D eigenvalue weighted by atomic mass is 10.1. The van der Waals surface area contributed by atoms with Crippen LogP contribution in [0.2, 0.25) is 5.02 Å². The third-order valence-electron chi connectivity index (χ3n) is 5.80. The molecule has 0 saturated carbocycles. The van der Waals surface area contributed by atoms with Gasteiger partial charge in [0.2, 0.25) is 5.91 Å². The summed E-state index contributed by atoms with van der Waals surface area (Å²) >= 11 is 6.10. The first-order valence-corrected chi connectivity index (χ1v) is 11.7. The summed E-state index contributed by atoms with van der Waals surface area (Å²) in [5, 5.41) is 10.7. The SMILES string of the molecule is Cc1cc(Cl)ccc1N(CCNC(C)C)C(=O)CNCC(=O)N(C)N1Cc2ccccc2C1.Cl.Cl. The topological polar surface area (TPSA) is 67.9 Å². The number of likely N-dealkylation sites (N-methyl/N-ethyl adjacent to an activating group) is 1. The average Bonchev–Trinajstić information content (AvgIpc) is 3.20. The van der Waals surface area contributed by atoms with Crippen LogP contribution < -0.4 is 15.5 Å². The molecule has 0 radical (unpaired) electrons. The lowest BCUT2D eigenvalue weighted by Gasteiger charge is -2.28. The molecular weight excluding hydrogens is 509 g/mol. The number of hydrogen-bond acceptors (Lipinski definition) is 5. The molecule has 194 valence electrons. The molecular formula is C25H36Cl3N5O2. The molecule has 0 spiro atoms. The van der Waals surface area contributed by atoms with Crippen LogP contribution in [-0.2, 0) is 22.7 Å². The van der Waals surface area contributed by atoms with E-state index in [9.17, 15) is 9.59 Å². The molecule has 0 aromatic heterocycles. The first kappa shape index (κ1) is 31.2. The predicted octanol–water partition coefficient (Wildman–Crippen LogP) is 3.80. The Labute approximate surface area is 226 Å². The van der Waals surface area contributed by atoms with Crippen molar-refractivity contribution in [1.82, 2.24) is 20.7 Å². The third kappa shape index (κ3) is 8.63. The normalized spacial score (nSPS) is 12.5. The number of halogens is 3. The van der Waals surface area contributed by atoms with E-state index in [1.165, 1.54) is 11.1 Å². The minimum absolute atomic E-state index is 0. The van der Waals surface area contributed by atoms with Gasteiger partial charge in [0.15, 0.2) is 0 Å². The van der Waals surface area contributed by atoms with Crippen LogP contribution in [0.3, 0.4) is 0 Å². The number of nitrogens with one attached hydrogen (secondary N) is 2. The van der Waals surface area contributed by atoms with Crippen LogP contribution in [0.25, 0.3) is 0 Å². The fourth-order valence-electron chi connectivity index (χ4n) is 3.94. The van der Waals surface area contributed by atoms with Crippen LogP contribution in [0, 0.1) is 6.92 Å². The number of benzene rings is 2. The first-order valence-electron chi connectivity index (χ1n) is 11.3. The molecule has 10 heteroatoms. The standard InChI is InChI=1S/C25H34ClN5O2.2ClH/c1-18(2)28-11-12-31(23-10-9-22(26)13-19(23)3)25(33)15-27-14-24(32)29(4)30-16-20-7-5-6-8-21(20)17-30;;/h5-10,13,18,27-28H,11-12,14-17H2,1-4H3;2*1H. The number of hydrogen-bond donors (Lipinski definition) is 2. The molecule has 0 fully saturated rings. The number of hydrazine groups is 1. The molecule has 2 N–H and O–H groups in total. The van der Waals surface area contributed by atoms with Crippen molar-refractivity contribution < 1.29 is 9.59 Å². The number of carbonyl (C=O) groups is 2. The van der Waals surface area contributed by atoms with Gasteiger partial charge in [-0.1, -0.05) is 49.7 Å². The Morgan fingerprint density at radius 1 is 1.03 bits per heavy atom. The number of rotatable bonds is 10. The Balaban J connectivity index is 0.00000306. The maximum atomic E-state index is 13.1. The molecule has 0 aliphatic carbocycles. The molecule has 0 unspecified atom stereocenters. The highest BCUT2D eigenvalue weighted by Crippen LogP contribution is 2.24. The molecule has 7 nitrogen and oxygen atoms in total. The average molecular weight is 545 g/mol. The molecule has 3 rings (SSSR count). The van der Waals surface area contributed by atoms with Crippen LogP contribution in [0.4, 0.5) is 5.69 Å². The van der Waals surface area contributed by atoms with Crippen LogP contribution in [-0.4, -0.2) is 61.1 Å². The van der Waals surface area contributed by atoms with Gasteiger partial charge in [-0.05, 0) is 41.8 Å². The second kappa shape index (κ2) is 14.6. The minimum Gasteiger partial charge on any atom is -0.313 e. The van der Waals surface area contributed by atoms with Crippen molar-refractivity contribution in [2.75, 3.05) is 38.1 Å². The predicted molar refractivity (Wildman–Crippen MR) is 148 cm³/mol. The van der Waals surface area contributed by atoms with E-state index in [1.807, 2.05) is 36.2 Å². The monoisotopic (exact) mass is 543 g/mol. The lowest BCUT2D eigenvalue weighted by molar-refractivity contribution is -0.145. The number of carbonyl (C=O) groups excluding carboxylic acids is 2. The van der Waals surface area contributed by atoms with Crippen molar-refractivity contribution >= 4 is 53.9 Å². The van der Waals surface area contributed by atoms with E-state index in [4.69, 9.17) is 11.6 Å². The summed E-state index contributed by atoms with van der Waals surface area (Å²) in [4.78, 5) is 27.5. The molecule has 0 atom stereocenters. The molecule has 0 bridgehead atoms. The molecule has 1 aliphatic rings. The molecule has 1 aliphatic heterocycles. The van der Waals surface area contributed by atoms with Gasteiger partial charge < -0.3 is 10.2 Å². The van der Waals surface area contributed by atoms with E-state index in [1.54, 1.807) is 23.0 Å². The highest BCUT2D eigenvalue weighted by atomic mass is 35.5. The molecule has 2 aromatic rings. The van der Waals surface area contributed by atoms with Gasteiger partial charge in [-0.2, -0.15) is 0 Å². The highest BCUT2D eigenvalue weighted by molar-refractivity contribution is 6.30. The summed E-state index contributed by atoms with van der Waals surface area (Å²) in [6.07, 6.45) is 0. The molecule has 1 heterocycles. The Hall–Kier alpha value is -1.87. The summed E-state index contributed by atoms with van der Waals surface area (Å²) in [5.41, 5.74) is 4.24. The first-order chi connectivity index (χ1) is 15.8. The zero-order valence-corrected chi connectivity index (χ0v) is 23.1. The molecule has 2 amide bonds. The van der Waals surface area contributed by atoms with Crippen LogP contribution in [0.1, 0.15) is 30.5 Å². The van der Waals surface area contributed by atoms with Gasteiger partial charge in [0.25, 0.3) is 5.91 Å². The smallest absolute Gasteiger partial charge is 0.250 e. The van der Waals surface area contributed by atoms with Crippen LogP contribution in [0.15, 0.2) is 42.5 Å². The maximum Gasteiger partial charge on any atom is 0.250 e. The number of fused-ring (bicyclic) bond motifs is 1. The highest BCUT2D eigenvalue weighted by Gasteiger charge is 2.25. The Kier molecular flexibility index (Phi) is 13.0. The van der Waals surface area contributed by atoms with E-state index in [2.05, 4.69) is 36.6 Å². The van der Waals surface area contributed by atoms with Crippen molar-refractivity contribution in [3.63, 3.8) is 0 Å². The van der Waals surface area contributed by atoms with Gasteiger partial charge in [-0.25, -0.2) is 5.01 Å². The van der Waals surface area contributed by atoms with Crippen molar-refractivity contribution in [3.8, 4) is 0 Å². The van der Waals surface area contributed by atoms with Crippen LogP contribution >= 0.6 is 36.4 Å². The van der Waals surface area contributed by atoms with E-state index in [-0.39, 0.29) is 49.7 Å². The summed E-state index contributed by atoms with van der Waals surface area (Å²) in [7, 11) is 1.78. The van der Waals surface area contributed by atoms with Crippen molar-refractivity contribution in [1.29, 1.82) is 0 Å². The van der Waals surface area contributed by atoms with Crippen LogP contribution in [0.5, 0.6) is 0 Å². The minimum atomic E-state index is -0.0880. The summed E-state index contributed by atoms with van der Waals surface area (Å²) < 4.78 is 0. The maximum absolute atomic E-state index is 13.1. The quantitative estimate of drug-likeness (QED) is 0.476. The Morgan fingerprint density at radius 2 is 1.63 bits per heavy atom. The van der Waals surface area contributed by atoms with Gasteiger partial charge >= 0.3 is 0 Å². The van der Waals surface area contributed by atoms with E-state index in [0.717, 1.165) is 11.3 Å². The largest absolute Gasteiger partial charge is 0.313 e. The fraction of sp³-hybridized carbons (Fsp3) is 0.440. The Bertz CT molecular complexity index is 964. The second-order valence-electron chi connectivity index (χ2n) is 8.70.